The van der Waals surface area contributed by atoms with Crippen LogP contribution in [0.15, 0.2) is 48.5 Å². The molecule has 3 aromatic rings. The highest BCUT2D eigenvalue weighted by molar-refractivity contribution is 5.91. The van der Waals surface area contributed by atoms with Crippen LogP contribution in [0.1, 0.15) is 24.7 Å². The smallest absolute Gasteiger partial charge is 0.303 e. The highest BCUT2D eigenvalue weighted by atomic mass is 16.4. The molecule has 2 N–H and O–H groups in total. The highest BCUT2D eigenvalue weighted by Crippen LogP contribution is 2.17. The minimum atomic E-state index is -0.835. The first-order valence-electron chi connectivity index (χ1n) is 8.61. The number of carboxylic acids is 1. The second kappa shape index (κ2) is 7.82. The molecule has 0 spiro atoms. The summed E-state index contributed by atoms with van der Waals surface area (Å²) in [6, 6.07) is 15.1. The third-order valence-electron chi connectivity index (χ3n) is 4.19. The first-order chi connectivity index (χ1) is 12.6. The van der Waals surface area contributed by atoms with E-state index in [1.807, 2.05) is 54.0 Å². The van der Waals surface area contributed by atoms with Gasteiger partial charge in [-0.3, -0.25) is 9.59 Å². The molecule has 0 aliphatic heterocycles. The maximum Gasteiger partial charge on any atom is 0.303 e. The van der Waals surface area contributed by atoms with Gasteiger partial charge in [0.15, 0.2) is 0 Å². The molecular formula is C20H21N3O3. The van der Waals surface area contributed by atoms with Gasteiger partial charge in [-0.2, -0.15) is 0 Å². The summed E-state index contributed by atoms with van der Waals surface area (Å²) in [4.78, 5) is 27.8. The zero-order chi connectivity index (χ0) is 18.5. The Labute approximate surface area is 151 Å². The van der Waals surface area contributed by atoms with Gasteiger partial charge >= 0.3 is 5.97 Å². The number of nitrogens with zero attached hydrogens (tertiary/aromatic N) is 2. The van der Waals surface area contributed by atoms with Crippen molar-refractivity contribution in [2.24, 2.45) is 0 Å². The van der Waals surface area contributed by atoms with Crippen molar-refractivity contribution in [1.82, 2.24) is 9.55 Å². The Bertz CT molecular complexity index is 946. The Kier molecular flexibility index (Phi) is 5.31. The number of aliphatic carboxylic acids is 1. The molecule has 0 atom stereocenters. The van der Waals surface area contributed by atoms with Crippen molar-refractivity contribution in [3.63, 3.8) is 0 Å². The third-order valence-corrected chi connectivity index (χ3v) is 4.19. The van der Waals surface area contributed by atoms with Gasteiger partial charge in [0.2, 0.25) is 5.91 Å². The highest BCUT2D eigenvalue weighted by Gasteiger charge is 2.12. The quantitative estimate of drug-likeness (QED) is 0.684. The van der Waals surface area contributed by atoms with Gasteiger partial charge in [0, 0.05) is 18.5 Å². The van der Waals surface area contributed by atoms with Crippen molar-refractivity contribution in [3.8, 4) is 0 Å². The molecule has 0 saturated carbocycles. The summed E-state index contributed by atoms with van der Waals surface area (Å²) in [6.45, 7) is 2.20. The Morgan fingerprint density at radius 2 is 1.96 bits per heavy atom. The van der Waals surface area contributed by atoms with Gasteiger partial charge in [0.05, 0.1) is 11.0 Å². The van der Waals surface area contributed by atoms with E-state index in [4.69, 9.17) is 5.11 Å². The van der Waals surface area contributed by atoms with Gasteiger partial charge in [-0.05, 0) is 36.2 Å². The maximum absolute atomic E-state index is 12.5. The molecule has 0 aliphatic carbocycles. The number of hydrogen-bond donors (Lipinski definition) is 2. The fourth-order valence-corrected chi connectivity index (χ4v) is 2.97. The molecule has 26 heavy (non-hydrogen) atoms. The van der Waals surface area contributed by atoms with Crippen LogP contribution in [0.3, 0.4) is 0 Å². The molecule has 1 aromatic heterocycles. The zero-order valence-corrected chi connectivity index (χ0v) is 14.6. The summed E-state index contributed by atoms with van der Waals surface area (Å²) in [7, 11) is 0. The van der Waals surface area contributed by atoms with Crippen LogP contribution >= 0.6 is 0 Å². The van der Waals surface area contributed by atoms with Gasteiger partial charge in [-0.1, -0.05) is 31.2 Å². The van der Waals surface area contributed by atoms with Gasteiger partial charge in [0.25, 0.3) is 0 Å². The monoisotopic (exact) mass is 351 g/mol. The normalized spacial score (nSPS) is 10.8. The summed E-state index contributed by atoms with van der Waals surface area (Å²) < 4.78 is 1.93. The van der Waals surface area contributed by atoms with Crippen molar-refractivity contribution in [2.45, 2.75) is 32.7 Å². The number of aromatic nitrogens is 2. The lowest BCUT2D eigenvalue weighted by Gasteiger charge is -2.10. The summed E-state index contributed by atoms with van der Waals surface area (Å²) in [5.41, 5.74) is 3.37. The number of fused-ring (bicyclic) bond motifs is 1. The largest absolute Gasteiger partial charge is 0.481 e. The molecule has 0 bridgehead atoms. The number of anilines is 1. The van der Waals surface area contributed by atoms with Crippen LogP contribution in [0.25, 0.3) is 11.0 Å². The lowest BCUT2D eigenvalue weighted by atomic mass is 10.1. The molecule has 3 rings (SSSR count). The number of rotatable bonds is 7. The van der Waals surface area contributed by atoms with E-state index in [-0.39, 0.29) is 18.9 Å². The zero-order valence-electron chi connectivity index (χ0n) is 14.6. The van der Waals surface area contributed by atoms with Crippen LogP contribution in [-0.2, 0) is 29.0 Å². The number of amides is 1. The van der Waals surface area contributed by atoms with E-state index in [9.17, 15) is 9.59 Å². The van der Waals surface area contributed by atoms with Crippen molar-refractivity contribution in [3.05, 3.63) is 59.9 Å². The summed E-state index contributed by atoms with van der Waals surface area (Å²) >= 11 is 0. The Balaban J connectivity index is 1.73. The van der Waals surface area contributed by atoms with Crippen LogP contribution in [-0.4, -0.2) is 26.5 Å². The fraction of sp³-hybridized carbons (Fsp3) is 0.250. The van der Waals surface area contributed by atoms with Crippen LogP contribution < -0.4 is 5.32 Å². The minimum absolute atomic E-state index is 0.0677. The molecule has 134 valence electrons. The predicted molar refractivity (Wildman–Crippen MR) is 100 cm³/mol. The van der Waals surface area contributed by atoms with E-state index in [1.165, 1.54) is 0 Å². The van der Waals surface area contributed by atoms with Crippen LogP contribution in [0, 0.1) is 0 Å². The van der Waals surface area contributed by atoms with E-state index in [2.05, 4.69) is 10.3 Å². The molecule has 0 radical (unpaired) electrons. The molecule has 0 unspecified atom stereocenters. The molecule has 0 aliphatic rings. The Morgan fingerprint density at radius 3 is 2.73 bits per heavy atom. The van der Waals surface area contributed by atoms with Gasteiger partial charge in [0.1, 0.15) is 12.4 Å². The number of hydrogen-bond acceptors (Lipinski definition) is 3. The fourth-order valence-electron chi connectivity index (χ4n) is 2.97. The third kappa shape index (κ3) is 4.08. The van der Waals surface area contributed by atoms with Gasteiger partial charge in [-0.15, -0.1) is 0 Å². The molecule has 1 amide bonds. The summed E-state index contributed by atoms with van der Waals surface area (Å²) in [6.07, 6.45) is 1.25. The van der Waals surface area contributed by atoms with Crippen molar-refractivity contribution in [1.29, 1.82) is 0 Å². The predicted octanol–water partition coefficient (Wildman–Crippen LogP) is 3.25. The Morgan fingerprint density at radius 1 is 1.15 bits per heavy atom. The molecular weight excluding hydrogens is 330 g/mol. The molecule has 0 fully saturated rings. The molecule has 1 heterocycles. The maximum atomic E-state index is 12.5. The van der Waals surface area contributed by atoms with Gasteiger partial charge in [-0.25, -0.2) is 4.98 Å². The topological polar surface area (TPSA) is 84.2 Å². The van der Waals surface area contributed by atoms with E-state index < -0.39 is 5.97 Å². The number of para-hydroxylation sites is 2. The van der Waals surface area contributed by atoms with Crippen molar-refractivity contribution >= 4 is 28.6 Å². The average Bonchev–Trinajstić information content (AvgIpc) is 2.98. The second-order valence-electron chi connectivity index (χ2n) is 6.10. The van der Waals surface area contributed by atoms with Crippen molar-refractivity contribution < 1.29 is 14.7 Å². The van der Waals surface area contributed by atoms with E-state index in [0.717, 1.165) is 28.8 Å². The second-order valence-corrected chi connectivity index (χ2v) is 6.10. The van der Waals surface area contributed by atoms with Crippen LogP contribution in [0.5, 0.6) is 0 Å². The number of carbonyl (C=O) groups excluding carboxylic acids is 1. The van der Waals surface area contributed by atoms with Crippen molar-refractivity contribution in [2.75, 3.05) is 5.32 Å². The lowest BCUT2D eigenvalue weighted by Crippen LogP contribution is -2.20. The average molecular weight is 351 g/mol. The minimum Gasteiger partial charge on any atom is -0.481 e. The van der Waals surface area contributed by atoms with Crippen LogP contribution in [0.4, 0.5) is 5.69 Å². The molecule has 6 heteroatoms. The lowest BCUT2D eigenvalue weighted by molar-refractivity contribution is -0.137. The summed E-state index contributed by atoms with van der Waals surface area (Å²) in [5.74, 6) is -0.103. The number of benzene rings is 2. The number of carboxylic acid groups (broad SMARTS) is 1. The van der Waals surface area contributed by atoms with E-state index >= 15 is 0 Å². The Hall–Kier alpha value is -3.15. The first-order valence-corrected chi connectivity index (χ1v) is 8.61. The van der Waals surface area contributed by atoms with Gasteiger partial charge < -0.3 is 15.0 Å². The number of nitrogens with one attached hydrogen (secondary N) is 1. The number of imidazole rings is 1. The van der Waals surface area contributed by atoms with E-state index in [0.29, 0.717) is 12.1 Å². The SMILES string of the molecule is CCc1nc2ccccc2n1CC(=O)Nc1cccc(CCC(=O)O)c1. The molecule has 0 saturated heterocycles. The van der Waals surface area contributed by atoms with E-state index in [1.54, 1.807) is 6.07 Å². The first kappa shape index (κ1) is 17.7. The number of carbonyl (C=O) groups is 2. The number of aryl methyl sites for hydroxylation is 2. The molecule has 6 nitrogen and oxygen atoms in total. The summed E-state index contributed by atoms with van der Waals surface area (Å²) in [5, 5.41) is 11.7. The standard InChI is InChI=1S/C20H21N3O3/c1-2-18-22-16-8-3-4-9-17(16)23(18)13-19(24)21-15-7-5-6-14(12-15)10-11-20(25)26/h3-9,12H,2,10-11,13H2,1H3,(H,21,24)(H,25,26). The van der Waals surface area contributed by atoms with Crippen LogP contribution in [0.2, 0.25) is 0 Å². The molecule has 2 aromatic carbocycles.